The molecular formula is C19H10O6. The van der Waals surface area contributed by atoms with E-state index < -0.39 is 40.3 Å². The summed E-state index contributed by atoms with van der Waals surface area (Å²) >= 11 is 0. The summed E-state index contributed by atoms with van der Waals surface area (Å²) in [4.78, 5) is 50.0. The largest absolute Gasteiger partial charge is 0.507 e. The maximum atomic E-state index is 12.9. The second-order valence-corrected chi connectivity index (χ2v) is 5.69. The Morgan fingerprint density at radius 2 is 1.32 bits per heavy atom. The molecule has 2 aliphatic rings. The molecule has 25 heavy (non-hydrogen) atoms. The van der Waals surface area contributed by atoms with Gasteiger partial charge in [-0.1, -0.05) is 54.6 Å². The average Bonchev–Trinajstić information content (AvgIpc) is 3.03. The van der Waals surface area contributed by atoms with Gasteiger partial charge in [0.25, 0.3) is 11.4 Å². The monoisotopic (exact) mass is 334 g/mol. The maximum absolute atomic E-state index is 12.9. The molecule has 6 nitrogen and oxygen atoms in total. The summed E-state index contributed by atoms with van der Waals surface area (Å²) in [5, 5.41) is 10.6. The fourth-order valence-corrected chi connectivity index (χ4v) is 3.19. The third-order valence-corrected chi connectivity index (χ3v) is 4.35. The second kappa shape index (κ2) is 4.98. The lowest BCUT2D eigenvalue weighted by molar-refractivity contribution is -0.149. The molecule has 2 aromatic rings. The fourth-order valence-electron chi connectivity index (χ4n) is 3.19. The number of benzene rings is 2. The topological polar surface area (TPSA) is 97.7 Å². The molecule has 0 bridgehead atoms. The molecule has 1 heterocycles. The van der Waals surface area contributed by atoms with Crippen molar-refractivity contribution in [2.24, 2.45) is 0 Å². The number of carbonyl (C=O) groups excluding carboxylic acids is 4. The van der Waals surface area contributed by atoms with E-state index in [0.29, 0.717) is 0 Å². The highest BCUT2D eigenvalue weighted by Crippen LogP contribution is 2.44. The Bertz CT molecular complexity index is 965. The third kappa shape index (κ3) is 1.79. The van der Waals surface area contributed by atoms with Gasteiger partial charge in [0, 0.05) is 16.7 Å². The number of Topliss-reactive ketones (excluding diaryl/α,β-unsaturated/α-hetero) is 3. The van der Waals surface area contributed by atoms with E-state index in [9.17, 15) is 24.3 Å². The van der Waals surface area contributed by atoms with Crippen LogP contribution in [0.4, 0.5) is 0 Å². The van der Waals surface area contributed by atoms with Crippen LogP contribution in [-0.4, -0.2) is 34.0 Å². The minimum absolute atomic E-state index is 0.0494. The molecule has 0 atom stereocenters. The first-order valence-electron chi connectivity index (χ1n) is 7.44. The van der Waals surface area contributed by atoms with Crippen molar-refractivity contribution in [2.45, 2.75) is 5.60 Å². The van der Waals surface area contributed by atoms with E-state index in [4.69, 9.17) is 4.74 Å². The molecule has 0 radical (unpaired) electrons. The van der Waals surface area contributed by atoms with Crippen molar-refractivity contribution >= 4 is 29.1 Å². The average molecular weight is 334 g/mol. The van der Waals surface area contributed by atoms with E-state index in [2.05, 4.69) is 0 Å². The van der Waals surface area contributed by atoms with Crippen LogP contribution >= 0.6 is 0 Å². The maximum Gasteiger partial charge on any atom is 0.381 e. The zero-order valence-corrected chi connectivity index (χ0v) is 12.7. The summed E-state index contributed by atoms with van der Waals surface area (Å²) in [6, 6.07) is 13.8. The molecule has 6 heteroatoms. The lowest BCUT2D eigenvalue weighted by atomic mass is 9.85. The predicted molar refractivity (Wildman–Crippen MR) is 84.9 cm³/mol. The molecule has 0 unspecified atom stereocenters. The van der Waals surface area contributed by atoms with Crippen molar-refractivity contribution in [3.8, 4) is 0 Å². The molecule has 1 aliphatic carbocycles. The van der Waals surface area contributed by atoms with Crippen LogP contribution in [0, 0.1) is 0 Å². The van der Waals surface area contributed by atoms with Crippen molar-refractivity contribution in [2.75, 3.05) is 0 Å². The molecule has 122 valence electrons. The molecule has 0 aromatic heterocycles. The predicted octanol–water partition coefficient (Wildman–Crippen LogP) is 1.90. The van der Waals surface area contributed by atoms with E-state index in [-0.39, 0.29) is 16.7 Å². The number of aliphatic hydroxyl groups excluding tert-OH is 1. The van der Waals surface area contributed by atoms with Crippen LogP contribution in [0.5, 0.6) is 0 Å². The van der Waals surface area contributed by atoms with Gasteiger partial charge in [-0.15, -0.1) is 0 Å². The number of carbonyl (C=O) groups is 4. The third-order valence-electron chi connectivity index (χ3n) is 4.35. The van der Waals surface area contributed by atoms with Gasteiger partial charge in [-0.3, -0.25) is 14.4 Å². The van der Waals surface area contributed by atoms with Crippen LogP contribution in [0.3, 0.4) is 0 Å². The first kappa shape index (κ1) is 15.0. The number of aliphatic hydroxyl groups is 1. The normalized spacial score (nSPS) is 20.0. The summed E-state index contributed by atoms with van der Waals surface area (Å²) in [5.41, 5.74) is -2.78. The molecule has 2 aromatic carbocycles. The highest BCUT2D eigenvalue weighted by Gasteiger charge is 2.67. The van der Waals surface area contributed by atoms with Gasteiger partial charge in [-0.25, -0.2) is 4.79 Å². The van der Waals surface area contributed by atoms with Gasteiger partial charge in [-0.2, -0.15) is 0 Å². The number of hydrogen-bond donors (Lipinski definition) is 1. The number of hydrogen-bond acceptors (Lipinski definition) is 6. The standard InChI is InChI=1S/C19H10O6/c20-14(10-6-2-1-3-7-10)13-15(21)18(24)25-19(13)16(22)11-8-4-5-9-12(11)17(19)23/h1-9,20H/b14-13+. The zero-order valence-electron chi connectivity index (χ0n) is 12.7. The number of fused-ring (bicyclic) bond motifs is 1. The van der Waals surface area contributed by atoms with Gasteiger partial charge < -0.3 is 9.84 Å². The van der Waals surface area contributed by atoms with Crippen molar-refractivity contribution in [1.29, 1.82) is 0 Å². The van der Waals surface area contributed by atoms with Crippen LogP contribution in [0.1, 0.15) is 26.3 Å². The van der Waals surface area contributed by atoms with Gasteiger partial charge in [-0.05, 0) is 0 Å². The van der Waals surface area contributed by atoms with Crippen molar-refractivity contribution in [3.63, 3.8) is 0 Å². The van der Waals surface area contributed by atoms with Gasteiger partial charge >= 0.3 is 5.97 Å². The molecular weight excluding hydrogens is 324 g/mol. The van der Waals surface area contributed by atoms with Gasteiger partial charge in [0.2, 0.25) is 11.6 Å². The molecule has 1 fully saturated rings. The first-order valence-corrected chi connectivity index (χ1v) is 7.44. The Balaban J connectivity index is 2.02. The van der Waals surface area contributed by atoms with E-state index in [0.717, 1.165) is 0 Å². The van der Waals surface area contributed by atoms with Crippen LogP contribution < -0.4 is 0 Å². The Labute approximate surface area is 141 Å². The minimum atomic E-state index is -2.45. The molecule has 1 N–H and O–H groups in total. The highest BCUT2D eigenvalue weighted by atomic mass is 16.6. The molecule has 1 spiro atoms. The summed E-state index contributed by atoms with van der Waals surface area (Å²) in [6.07, 6.45) is 0. The van der Waals surface area contributed by atoms with Gasteiger partial charge in [0.05, 0.1) is 0 Å². The minimum Gasteiger partial charge on any atom is -0.507 e. The zero-order chi connectivity index (χ0) is 17.8. The Morgan fingerprint density at radius 3 is 1.88 bits per heavy atom. The van der Waals surface area contributed by atoms with E-state index in [1.807, 2.05) is 0 Å². The number of ketones is 3. The summed E-state index contributed by atoms with van der Waals surface area (Å²) in [6.45, 7) is 0. The van der Waals surface area contributed by atoms with Crippen LogP contribution in [-0.2, 0) is 14.3 Å². The van der Waals surface area contributed by atoms with Crippen molar-refractivity contribution < 1.29 is 29.0 Å². The summed E-state index contributed by atoms with van der Waals surface area (Å²) in [7, 11) is 0. The second-order valence-electron chi connectivity index (χ2n) is 5.69. The highest BCUT2D eigenvalue weighted by molar-refractivity contribution is 6.52. The fraction of sp³-hybridized carbons (Fsp3) is 0.0526. The number of ether oxygens (including phenoxy) is 1. The summed E-state index contributed by atoms with van der Waals surface area (Å²) < 4.78 is 4.98. The van der Waals surface area contributed by atoms with Crippen LogP contribution in [0.15, 0.2) is 60.2 Å². The first-order chi connectivity index (χ1) is 12.0. The molecule has 1 aliphatic heterocycles. The SMILES string of the molecule is O=C1OC2(C(=O)c3ccccc3C2=O)/C(=C(/O)c2ccccc2)C1=O. The van der Waals surface area contributed by atoms with Crippen LogP contribution in [0.25, 0.3) is 5.76 Å². The van der Waals surface area contributed by atoms with E-state index in [1.54, 1.807) is 30.3 Å². The lowest BCUT2D eigenvalue weighted by Gasteiger charge is -2.19. The quantitative estimate of drug-likeness (QED) is 0.281. The number of rotatable bonds is 1. The number of esters is 1. The van der Waals surface area contributed by atoms with E-state index >= 15 is 0 Å². The van der Waals surface area contributed by atoms with Crippen molar-refractivity contribution in [1.82, 2.24) is 0 Å². The Hall–Kier alpha value is -3.54. The van der Waals surface area contributed by atoms with E-state index in [1.165, 1.54) is 24.3 Å². The summed E-state index contributed by atoms with van der Waals surface area (Å²) in [5.74, 6) is -4.82. The molecule has 0 amide bonds. The Kier molecular flexibility index (Phi) is 2.99. The van der Waals surface area contributed by atoms with Gasteiger partial charge in [0.15, 0.2) is 0 Å². The molecule has 1 saturated heterocycles. The van der Waals surface area contributed by atoms with Gasteiger partial charge in [0.1, 0.15) is 11.3 Å². The molecule has 4 rings (SSSR count). The Morgan fingerprint density at radius 1 is 0.800 bits per heavy atom. The lowest BCUT2D eigenvalue weighted by Crippen LogP contribution is -2.43. The van der Waals surface area contributed by atoms with Crippen molar-refractivity contribution in [3.05, 3.63) is 76.9 Å². The molecule has 0 saturated carbocycles. The smallest absolute Gasteiger partial charge is 0.381 e. The van der Waals surface area contributed by atoms with Crippen LogP contribution in [0.2, 0.25) is 0 Å².